The van der Waals surface area contributed by atoms with E-state index in [1.807, 2.05) is 25.1 Å². The molecule has 0 unspecified atom stereocenters. The van der Waals surface area contributed by atoms with E-state index in [0.29, 0.717) is 5.95 Å². The van der Waals surface area contributed by atoms with E-state index in [1.54, 1.807) is 19.5 Å². The van der Waals surface area contributed by atoms with Crippen LogP contribution in [0.3, 0.4) is 0 Å². The third kappa shape index (κ3) is 2.88. The monoisotopic (exact) mass is 245 g/mol. The van der Waals surface area contributed by atoms with Gasteiger partial charge in [0.15, 0.2) is 0 Å². The van der Waals surface area contributed by atoms with E-state index in [0.717, 1.165) is 16.9 Å². The minimum absolute atomic E-state index is 0.115. The van der Waals surface area contributed by atoms with Crippen molar-refractivity contribution in [3.63, 3.8) is 0 Å². The van der Waals surface area contributed by atoms with Gasteiger partial charge in [0.1, 0.15) is 5.75 Å². The zero-order chi connectivity index (χ0) is 13.0. The van der Waals surface area contributed by atoms with Gasteiger partial charge in [-0.2, -0.15) is 0 Å². The van der Waals surface area contributed by atoms with Gasteiger partial charge in [-0.05, 0) is 24.1 Å². The highest BCUT2D eigenvalue weighted by molar-refractivity contribution is 5.90. The van der Waals surface area contributed by atoms with Gasteiger partial charge < -0.3 is 9.72 Å². The van der Waals surface area contributed by atoms with Crippen LogP contribution in [0.1, 0.15) is 11.1 Å². The lowest BCUT2D eigenvalue weighted by Crippen LogP contribution is -2.15. The van der Waals surface area contributed by atoms with Gasteiger partial charge in [0, 0.05) is 12.4 Å². The molecule has 0 aliphatic rings. The number of H-pyrrole nitrogens is 1. The average molecular weight is 245 g/mol. The summed E-state index contributed by atoms with van der Waals surface area (Å²) in [5.74, 6) is 1.13. The molecule has 0 fully saturated rings. The molecule has 0 atom stereocenters. The molecule has 0 aliphatic heterocycles. The molecule has 1 aromatic heterocycles. The van der Waals surface area contributed by atoms with Crippen LogP contribution in [0.15, 0.2) is 30.6 Å². The average Bonchev–Trinajstić information content (AvgIpc) is 2.84. The molecule has 0 saturated carbocycles. The van der Waals surface area contributed by atoms with E-state index < -0.39 is 0 Å². The first-order valence-electron chi connectivity index (χ1n) is 5.62. The second kappa shape index (κ2) is 5.35. The molecule has 0 radical (unpaired) electrons. The zero-order valence-electron chi connectivity index (χ0n) is 10.4. The molecule has 18 heavy (non-hydrogen) atoms. The van der Waals surface area contributed by atoms with Gasteiger partial charge in [0.05, 0.1) is 13.5 Å². The first kappa shape index (κ1) is 12.2. The Morgan fingerprint density at radius 3 is 3.00 bits per heavy atom. The number of methoxy groups -OCH3 is 1. The van der Waals surface area contributed by atoms with Crippen molar-refractivity contribution < 1.29 is 9.53 Å². The van der Waals surface area contributed by atoms with Crippen LogP contribution in [0.5, 0.6) is 5.75 Å². The summed E-state index contributed by atoms with van der Waals surface area (Å²) in [5.41, 5.74) is 1.95. The van der Waals surface area contributed by atoms with Crippen LogP contribution in [0.2, 0.25) is 0 Å². The van der Waals surface area contributed by atoms with Crippen molar-refractivity contribution in [2.75, 3.05) is 12.4 Å². The number of hydrogen-bond acceptors (Lipinski definition) is 3. The Kier molecular flexibility index (Phi) is 3.62. The van der Waals surface area contributed by atoms with Crippen LogP contribution in [0.25, 0.3) is 0 Å². The molecular formula is C13H15N3O2. The quantitative estimate of drug-likeness (QED) is 0.864. The minimum atomic E-state index is -0.115. The zero-order valence-corrected chi connectivity index (χ0v) is 10.4. The summed E-state index contributed by atoms with van der Waals surface area (Å²) in [6.45, 7) is 1.96. The third-order valence-electron chi connectivity index (χ3n) is 2.59. The van der Waals surface area contributed by atoms with E-state index in [1.165, 1.54) is 0 Å². The predicted octanol–water partition coefficient (Wildman–Crippen LogP) is 1.91. The normalized spacial score (nSPS) is 10.1. The maximum atomic E-state index is 11.8. The van der Waals surface area contributed by atoms with Crippen LogP contribution in [0, 0.1) is 6.92 Å². The number of ether oxygens (including phenoxy) is 1. The number of nitrogens with one attached hydrogen (secondary N) is 2. The maximum absolute atomic E-state index is 11.8. The first-order valence-corrected chi connectivity index (χ1v) is 5.62. The molecule has 1 amide bonds. The second-order valence-corrected chi connectivity index (χ2v) is 3.97. The van der Waals surface area contributed by atoms with Gasteiger partial charge in [-0.1, -0.05) is 12.1 Å². The van der Waals surface area contributed by atoms with Crippen LogP contribution >= 0.6 is 0 Å². The predicted molar refractivity (Wildman–Crippen MR) is 68.7 cm³/mol. The lowest BCUT2D eigenvalue weighted by molar-refractivity contribution is -0.115. The topological polar surface area (TPSA) is 67.0 Å². The van der Waals surface area contributed by atoms with E-state index in [9.17, 15) is 4.79 Å². The number of aromatic amines is 1. The Morgan fingerprint density at radius 2 is 2.33 bits per heavy atom. The van der Waals surface area contributed by atoms with E-state index in [2.05, 4.69) is 15.3 Å². The van der Waals surface area contributed by atoms with Gasteiger partial charge in [0.2, 0.25) is 11.9 Å². The summed E-state index contributed by atoms with van der Waals surface area (Å²) in [4.78, 5) is 18.5. The van der Waals surface area contributed by atoms with Crippen molar-refractivity contribution in [3.05, 3.63) is 41.7 Å². The SMILES string of the molecule is COc1cc(CC(=O)Nc2ncc[nH]2)ccc1C. The Balaban J connectivity index is 2.03. The van der Waals surface area contributed by atoms with Crippen molar-refractivity contribution in [2.45, 2.75) is 13.3 Å². The molecule has 0 spiro atoms. The highest BCUT2D eigenvalue weighted by Crippen LogP contribution is 2.19. The molecule has 0 bridgehead atoms. The molecule has 2 rings (SSSR count). The molecule has 5 heteroatoms. The third-order valence-corrected chi connectivity index (χ3v) is 2.59. The summed E-state index contributed by atoms with van der Waals surface area (Å²) in [6.07, 6.45) is 3.53. The van der Waals surface area contributed by atoms with E-state index in [-0.39, 0.29) is 12.3 Å². The molecule has 5 nitrogen and oxygen atoms in total. The fourth-order valence-electron chi connectivity index (χ4n) is 1.67. The van der Waals surface area contributed by atoms with Gasteiger partial charge >= 0.3 is 0 Å². The lowest BCUT2D eigenvalue weighted by atomic mass is 10.1. The van der Waals surface area contributed by atoms with Crippen LogP contribution < -0.4 is 10.1 Å². The fraction of sp³-hybridized carbons (Fsp3) is 0.231. The van der Waals surface area contributed by atoms with Gasteiger partial charge in [-0.3, -0.25) is 10.1 Å². The van der Waals surface area contributed by atoms with Gasteiger partial charge in [-0.15, -0.1) is 0 Å². The Bertz CT molecular complexity index is 535. The largest absolute Gasteiger partial charge is 0.496 e. The number of amides is 1. The number of carbonyl (C=O) groups excluding carboxylic acids is 1. The minimum Gasteiger partial charge on any atom is -0.496 e. The Morgan fingerprint density at radius 1 is 1.50 bits per heavy atom. The van der Waals surface area contributed by atoms with E-state index >= 15 is 0 Å². The summed E-state index contributed by atoms with van der Waals surface area (Å²) < 4.78 is 5.22. The summed E-state index contributed by atoms with van der Waals surface area (Å²) >= 11 is 0. The van der Waals surface area contributed by atoms with Crippen molar-refractivity contribution in [1.29, 1.82) is 0 Å². The number of rotatable bonds is 4. The van der Waals surface area contributed by atoms with Crippen molar-refractivity contribution >= 4 is 11.9 Å². The second-order valence-electron chi connectivity index (χ2n) is 3.97. The summed E-state index contributed by atoms with van der Waals surface area (Å²) in [6, 6.07) is 5.73. The Hall–Kier alpha value is -2.30. The maximum Gasteiger partial charge on any atom is 0.231 e. The number of carbonyl (C=O) groups is 1. The van der Waals surface area contributed by atoms with Crippen LogP contribution in [-0.2, 0) is 11.2 Å². The van der Waals surface area contributed by atoms with Crippen molar-refractivity contribution in [3.8, 4) is 5.75 Å². The fourth-order valence-corrected chi connectivity index (χ4v) is 1.67. The first-order chi connectivity index (χ1) is 8.69. The number of imidazole rings is 1. The number of aryl methyl sites for hydroxylation is 1. The molecule has 0 saturated heterocycles. The molecule has 2 N–H and O–H groups in total. The molecule has 0 aliphatic carbocycles. The molecule has 2 aromatic rings. The molecule has 1 heterocycles. The Labute approximate surface area is 105 Å². The number of benzene rings is 1. The highest BCUT2D eigenvalue weighted by Gasteiger charge is 2.07. The molecular weight excluding hydrogens is 230 g/mol. The lowest BCUT2D eigenvalue weighted by Gasteiger charge is -2.07. The molecule has 94 valence electrons. The standard InChI is InChI=1S/C13H15N3O2/c1-9-3-4-10(7-11(9)18-2)8-12(17)16-13-14-5-6-15-13/h3-7H,8H2,1-2H3,(H2,14,15,16,17). The van der Waals surface area contributed by atoms with E-state index in [4.69, 9.17) is 4.74 Å². The van der Waals surface area contributed by atoms with Crippen LogP contribution in [0.4, 0.5) is 5.95 Å². The number of aromatic nitrogens is 2. The number of anilines is 1. The summed E-state index contributed by atoms with van der Waals surface area (Å²) in [7, 11) is 1.62. The van der Waals surface area contributed by atoms with Crippen LogP contribution in [-0.4, -0.2) is 23.0 Å². The number of hydrogen-bond donors (Lipinski definition) is 2. The highest BCUT2D eigenvalue weighted by atomic mass is 16.5. The summed E-state index contributed by atoms with van der Waals surface area (Å²) in [5, 5.41) is 2.68. The van der Waals surface area contributed by atoms with Gasteiger partial charge in [-0.25, -0.2) is 4.98 Å². The van der Waals surface area contributed by atoms with Crippen molar-refractivity contribution in [1.82, 2.24) is 9.97 Å². The smallest absolute Gasteiger partial charge is 0.231 e. The van der Waals surface area contributed by atoms with Gasteiger partial charge in [0.25, 0.3) is 0 Å². The number of nitrogens with zero attached hydrogens (tertiary/aromatic N) is 1. The molecule has 1 aromatic carbocycles. The van der Waals surface area contributed by atoms with Crippen molar-refractivity contribution in [2.24, 2.45) is 0 Å².